The molecule has 72 heavy (non-hydrogen) atoms. The van der Waals surface area contributed by atoms with Crippen molar-refractivity contribution >= 4 is 49.4 Å². The molecule has 0 bridgehead atoms. The van der Waals surface area contributed by atoms with Gasteiger partial charge in [0.15, 0.2) is 5.78 Å². The Hall–Kier alpha value is -6.21. The van der Waals surface area contributed by atoms with Crippen LogP contribution in [0.5, 0.6) is 0 Å². The smallest absolute Gasteiger partial charge is 0.314 e. The van der Waals surface area contributed by atoms with Crippen LogP contribution in [-0.4, -0.2) is 172 Å². The number of rotatable bonds is 20. The summed E-state index contributed by atoms with van der Waals surface area (Å²) in [6.07, 6.45) is -2.86. The maximum atomic E-state index is 13.7. The second kappa shape index (κ2) is 25.4. The van der Waals surface area contributed by atoms with Crippen LogP contribution in [0.1, 0.15) is 47.6 Å². The molecule has 4 aromatic carbocycles. The number of nitrogens with zero attached hydrogens (tertiary/aromatic N) is 10. The fourth-order valence-corrected chi connectivity index (χ4v) is 10.6. The Balaban J connectivity index is 0.000000237. The lowest BCUT2D eigenvalue weighted by Crippen LogP contribution is -2.50. The molecule has 7 rings (SSSR count). The van der Waals surface area contributed by atoms with E-state index in [4.69, 9.17) is 10.2 Å². The Labute approximate surface area is 420 Å². The standard InChI is InChI=1S/C25H30F2N6O4S.C24H33N5O4S/c1-19(34)32-16-14-31(15-17-32)13-12-30(2)38(35,36)33(22-6-4-3-5-7-22)18-20-8-10-21(11-9-20)24-28-29-25(37-24)23(26)27;1-20(30)28-16-14-27(15-17-28)13-12-26(2)34(32,33)29(23-6-4-3-5-7-23)19-21-8-10-22(11-9-21)24(31)18-25/h3-11,23H,12-18H2,1-2H3;3-11H,12-19,25H2,1-2H3. The van der Waals surface area contributed by atoms with Gasteiger partial charge in [0.25, 0.3) is 5.89 Å². The quantitative estimate of drug-likeness (QED) is 0.109. The monoisotopic (exact) mass is 1040 g/mol. The van der Waals surface area contributed by atoms with E-state index in [0.29, 0.717) is 87.0 Å². The third-order valence-corrected chi connectivity index (χ3v) is 16.2. The van der Waals surface area contributed by atoms with Gasteiger partial charge in [-0.15, -0.1) is 10.2 Å². The van der Waals surface area contributed by atoms with Crippen LogP contribution in [0.3, 0.4) is 0 Å². The van der Waals surface area contributed by atoms with Gasteiger partial charge in [0, 0.05) is 118 Å². The number of anilines is 2. The highest BCUT2D eigenvalue weighted by Crippen LogP contribution is 2.27. The first-order valence-electron chi connectivity index (χ1n) is 23.4. The molecule has 19 nitrogen and oxygen atoms in total. The van der Waals surface area contributed by atoms with Gasteiger partial charge in [-0.25, -0.2) is 0 Å². The molecule has 2 aliphatic heterocycles. The van der Waals surface area contributed by atoms with Gasteiger partial charge in [-0.2, -0.15) is 34.2 Å². The number of carbonyl (C=O) groups is 3. The highest BCUT2D eigenvalue weighted by Gasteiger charge is 2.31. The molecule has 5 aromatic rings. The van der Waals surface area contributed by atoms with Gasteiger partial charge in [-0.1, -0.05) is 72.8 Å². The molecular weight excluding hydrogens is 973 g/mol. The first kappa shape index (κ1) is 55.1. The van der Waals surface area contributed by atoms with E-state index in [-0.39, 0.29) is 49.7 Å². The normalized spacial score (nSPS) is 14.9. The van der Waals surface area contributed by atoms with Crippen molar-refractivity contribution in [2.24, 2.45) is 5.73 Å². The molecule has 1 aromatic heterocycles. The van der Waals surface area contributed by atoms with E-state index >= 15 is 0 Å². The third-order valence-electron chi connectivity index (χ3n) is 12.5. The van der Waals surface area contributed by atoms with Crippen molar-refractivity contribution in [1.29, 1.82) is 0 Å². The molecule has 2 saturated heterocycles. The Morgan fingerprint density at radius 1 is 0.611 bits per heavy atom. The van der Waals surface area contributed by atoms with Crippen molar-refractivity contribution in [3.63, 3.8) is 0 Å². The average molecular weight is 1040 g/mol. The highest BCUT2D eigenvalue weighted by molar-refractivity contribution is 7.90. The molecule has 2 N–H and O–H groups in total. The molecule has 0 aliphatic carbocycles. The van der Waals surface area contributed by atoms with E-state index in [1.54, 1.807) is 135 Å². The van der Waals surface area contributed by atoms with Gasteiger partial charge in [0.05, 0.1) is 31.0 Å². The van der Waals surface area contributed by atoms with Gasteiger partial charge < -0.3 is 20.0 Å². The van der Waals surface area contributed by atoms with Crippen molar-refractivity contribution in [2.45, 2.75) is 33.4 Å². The van der Waals surface area contributed by atoms with Crippen LogP contribution in [0, 0.1) is 0 Å². The Bertz CT molecular complexity index is 2760. The lowest BCUT2D eigenvalue weighted by Gasteiger charge is -2.35. The van der Waals surface area contributed by atoms with E-state index in [2.05, 4.69) is 20.0 Å². The molecule has 0 spiro atoms. The van der Waals surface area contributed by atoms with Crippen molar-refractivity contribution in [3.05, 3.63) is 132 Å². The summed E-state index contributed by atoms with van der Waals surface area (Å²) in [4.78, 5) is 42.8. The minimum Gasteiger partial charge on any atom is -0.415 e. The molecule has 0 saturated carbocycles. The largest absolute Gasteiger partial charge is 0.415 e. The molecule has 0 unspecified atom stereocenters. The van der Waals surface area contributed by atoms with Crippen LogP contribution >= 0.6 is 0 Å². The molecule has 23 heteroatoms. The molecule has 0 radical (unpaired) electrons. The number of hydrogen-bond acceptors (Lipinski definition) is 13. The van der Waals surface area contributed by atoms with Crippen LogP contribution in [0.15, 0.2) is 114 Å². The molecule has 2 aliphatic rings. The molecule has 2 fully saturated rings. The number of aromatic nitrogens is 2. The molecular formula is C49H63F2N11O8S2. The van der Waals surface area contributed by atoms with Gasteiger partial charge in [-0.05, 0) is 47.5 Å². The number of amides is 2. The summed E-state index contributed by atoms with van der Waals surface area (Å²) in [6, 6.07) is 31.3. The summed E-state index contributed by atoms with van der Waals surface area (Å²) in [5, 5.41) is 6.98. The van der Waals surface area contributed by atoms with Crippen LogP contribution in [0.25, 0.3) is 11.5 Å². The summed E-state index contributed by atoms with van der Waals surface area (Å²) >= 11 is 0. The minimum atomic E-state index is -3.89. The summed E-state index contributed by atoms with van der Waals surface area (Å²) in [7, 11) is -4.58. The molecule has 388 valence electrons. The molecule has 0 atom stereocenters. The first-order valence-corrected chi connectivity index (χ1v) is 26.2. The fourth-order valence-electron chi connectivity index (χ4n) is 7.94. The lowest BCUT2D eigenvalue weighted by molar-refractivity contribution is -0.131. The predicted molar refractivity (Wildman–Crippen MR) is 270 cm³/mol. The van der Waals surface area contributed by atoms with E-state index in [1.165, 1.54) is 17.2 Å². The number of benzene rings is 4. The van der Waals surface area contributed by atoms with E-state index in [1.807, 2.05) is 12.1 Å². The highest BCUT2D eigenvalue weighted by atomic mass is 32.2. The van der Waals surface area contributed by atoms with Crippen LogP contribution < -0.4 is 14.3 Å². The predicted octanol–water partition coefficient (Wildman–Crippen LogP) is 4.20. The number of halogens is 2. The summed E-state index contributed by atoms with van der Waals surface area (Å²) < 4.78 is 90.5. The van der Waals surface area contributed by atoms with E-state index < -0.39 is 32.7 Å². The van der Waals surface area contributed by atoms with E-state index in [9.17, 15) is 40.0 Å². The Morgan fingerprint density at radius 3 is 1.38 bits per heavy atom. The number of nitrogens with two attached hydrogens (primary N) is 1. The summed E-state index contributed by atoms with van der Waals surface area (Å²) in [6.45, 7) is 10.4. The fraction of sp³-hybridized carbons (Fsp3) is 0.408. The zero-order chi connectivity index (χ0) is 52.0. The number of Topliss-reactive ketones (excluding diaryl/α,β-unsaturated/α-hetero) is 1. The number of hydrogen-bond donors (Lipinski definition) is 1. The number of piperazine rings is 2. The van der Waals surface area contributed by atoms with Gasteiger partial charge >= 0.3 is 26.8 Å². The second-order valence-corrected chi connectivity index (χ2v) is 21.2. The zero-order valence-electron chi connectivity index (χ0n) is 41.0. The van der Waals surface area contributed by atoms with Gasteiger partial charge in [-0.3, -0.25) is 32.8 Å². The number of likely N-dealkylation sites (N-methyl/N-ethyl adjacent to an activating group) is 2. The van der Waals surface area contributed by atoms with Crippen molar-refractivity contribution in [3.8, 4) is 11.5 Å². The van der Waals surface area contributed by atoms with E-state index in [0.717, 1.165) is 18.7 Å². The number of alkyl halides is 2. The number of ketones is 1. The van der Waals surface area contributed by atoms with Crippen molar-refractivity contribution in [2.75, 3.05) is 108 Å². The van der Waals surface area contributed by atoms with Crippen LogP contribution in [-0.2, 0) is 43.1 Å². The SMILES string of the molecule is CC(=O)N1CCN(CCN(C)S(=O)(=O)N(Cc2ccc(-c3nnc(C(F)F)o3)cc2)c2ccccc2)CC1.CC(=O)N1CCN(CCN(C)S(=O)(=O)N(Cc2ccc(C(=O)CN)cc2)c2ccccc2)CC1. The topological polar surface area (TPSA) is 210 Å². The van der Waals surface area contributed by atoms with Gasteiger partial charge in [0.2, 0.25) is 17.7 Å². The van der Waals surface area contributed by atoms with Crippen molar-refractivity contribution in [1.82, 2.24) is 38.4 Å². The first-order chi connectivity index (χ1) is 34.4. The zero-order valence-corrected chi connectivity index (χ0v) is 42.6. The van der Waals surface area contributed by atoms with Crippen LogP contribution in [0.4, 0.5) is 20.2 Å². The Morgan fingerprint density at radius 2 is 1.01 bits per heavy atom. The van der Waals surface area contributed by atoms with Gasteiger partial charge in [0.1, 0.15) is 0 Å². The average Bonchev–Trinajstić information content (AvgIpc) is 3.90. The summed E-state index contributed by atoms with van der Waals surface area (Å²) in [5.74, 6) is -0.843. The summed E-state index contributed by atoms with van der Waals surface area (Å²) in [5.41, 5.74) is 8.89. The number of para-hydroxylation sites is 2. The Kier molecular flexibility index (Phi) is 19.5. The minimum absolute atomic E-state index is 0.0387. The maximum absolute atomic E-state index is 13.7. The lowest BCUT2D eigenvalue weighted by atomic mass is 10.1. The third kappa shape index (κ3) is 14.7. The van der Waals surface area contributed by atoms with Crippen LogP contribution in [0.2, 0.25) is 0 Å². The molecule has 2 amide bonds. The number of carbonyl (C=O) groups excluding carboxylic acids is 3. The molecule has 3 heterocycles. The second-order valence-electron chi connectivity index (χ2n) is 17.3. The maximum Gasteiger partial charge on any atom is 0.314 e. The van der Waals surface area contributed by atoms with Crippen molar-refractivity contribution < 1.29 is 44.4 Å².